The Morgan fingerprint density at radius 1 is 1.15 bits per heavy atom. The minimum absolute atomic E-state index is 0.0585. The van der Waals surface area contributed by atoms with Gasteiger partial charge in [-0.25, -0.2) is 4.79 Å². The van der Waals surface area contributed by atoms with Crippen LogP contribution in [0.1, 0.15) is 22.3 Å². The highest BCUT2D eigenvalue weighted by Crippen LogP contribution is 2.26. The van der Waals surface area contributed by atoms with Gasteiger partial charge < -0.3 is 15.0 Å². The van der Waals surface area contributed by atoms with Crippen LogP contribution in [-0.4, -0.2) is 31.4 Å². The molecule has 1 saturated heterocycles. The summed E-state index contributed by atoms with van der Waals surface area (Å²) in [5.41, 5.74) is 2.86. The van der Waals surface area contributed by atoms with E-state index >= 15 is 0 Å². The smallest absolute Gasteiger partial charge is 0.337 e. The molecule has 6 nitrogen and oxygen atoms in total. The van der Waals surface area contributed by atoms with Crippen molar-refractivity contribution >= 4 is 29.2 Å². The lowest BCUT2D eigenvalue weighted by Gasteiger charge is -2.17. The van der Waals surface area contributed by atoms with Crippen LogP contribution in [0.4, 0.5) is 11.4 Å². The molecule has 1 N–H and O–H groups in total. The normalized spacial score (nSPS) is 16.5. The summed E-state index contributed by atoms with van der Waals surface area (Å²) in [6.07, 6.45) is 0.181. The Bertz CT molecular complexity index is 845. The molecule has 0 bridgehead atoms. The maximum atomic E-state index is 12.5. The Kier molecular flexibility index (Phi) is 5.02. The maximum absolute atomic E-state index is 12.5. The molecule has 1 fully saturated rings. The number of aryl methyl sites for hydroxylation is 1. The van der Waals surface area contributed by atoms with Crippen molar-refractivity contribution in [3.63, 3.8) is 0 Å². The van der Waals surface area contributed by atoms with Crippen LogP contribution in [0, 0.1) is 12.8 Å². The Labute approximate surface area is 151 Å². The van der Waals surface area contributed by atoms with E-state index in [0.29, 0.717) is 17.8 Å². The molecule has 0 unspecified atom stereocenters. The van der Waals surface area contributed by atoms with Gasteiger partial charge in [0.1, 0.15) is 0 Å². The van der Waals surface area contributed by atoms with Gasteiger partial charge in [0.15, 0.2) is 0 Å². The highest BCUT2D eigenvalue weighted by Gasteiger charge is 2.35. The Balaban J connectivity index is 1.65. The summed E-state index contributed by atoms with van der Waals surface area (Å²) in [5, 5.41) is 2.80. The second-order valence-electron chi connectivity index (χ2n) is 6.30. The Morgan fingerprint density at radius 2 is 1.88 bits per heavy atom. The number of hydrogen-bond donors (Lipinski definition) is 1. The molecule has 2 aromatic carbocycles. The van der Waals surface area contributed by atoms with Gasteiger partial charge in [-0.05, 0) is 48.9 Å². The number of ether oxygens (including phenoxy) is 1. The average molecular weight is 352 g/mol. The van der Waals surface area contributed by atoms with E-state index in [4.69, 9.17) is 0 Å². The van der Waals surface area contributed by atoms with Crippen molar-refractivity contribution in [3.05, 3.63) is 59.7 Å². The maximum Gasteiger partial charge on any atom is 0.337 e. The molecule has 6 heteroatoms. The van der Waals surface area contributed by atoms with Crippen LogP contribution in [0.3, 0.4) is 0 Å². The molecule has 0 saturated carbocycles. The van der Waals surface area contributed by atoms with Gasteiger partial charge in [0.25, 0.3) is 0 Å². The lowest BCUT2D eigenvalue weighted by Crippen LogP contribution is -2.28. The van der Waals surface area contributed by atoms with E-state index in [-0.39, 0.29) is 18.2 Å². The molecule has 2 amide bonds. The second-order valence-corrected chi connectivity index (χ2v) is 6.30. The minimum Gasteiger partial charge on any atom is -0.465 e. The third-order valence-electron chi connectivity index (χ3n) is 4.38. The van der Waals surface area contributed by atoms with Crippen molar-refractivity contribution in [1.82, 2.24) is 0 Å². The van der Waals surface area contributed by atoms with E-state index in [2.05, 4.69) is 10.1 Å². The van der Waals surface area contributed by atoms with E-state index in [0.717, 1.165) is 11.3 Å². The predicted octanol–water partition coefficient (Wildman–Crippen LogP) is 2.77. The Hall–Kier alpha value is -3.15. The number of rotatable bonds is 4. The third-order valence-corrected chi connectivity index (χ3v) is 4.38. The first-order valence-electron chi connectivity index (χ1n) is 8.34. The number of nitrogens with one attached hydrogen (secondary N) is 1. The second kappa shape index (κ2) is 7.39. The zero-order chi connectivity index (χ0) is 18.7. The van der Waals surface area contributed by atoms with E-state index in [1.165, 1.54) is 7.11 Å². The van der Waals surface area contributed by atoms with Crippen LogP contribution in [0.15, 0.2) is 48.5 Å². The SMILES string of the molecule is COC(=O)c1ccc(NC(=O)[C@H]2CC(=O)N(c3cccc(C)c3)C2)cc1. The fourth-order valence-electron chi connectivity index (χ4n) is 2.98. The molecule has 0 aromatic heterocycles. The highest BCUT2D eigenvalue weighted by atomic mass is 16.5. The van der Waals surface area contributed by atoms with Gasteiger partial charge in [0, 0.05) is 24.3 Å². The Morgan fingerprint density at radius 3 is 2.54 bits per heavy atom. The molecular formula is C20H20N2O4. The van der Waals surface area contributed by atoms with Gasteiger partial charge in [-0.3, -0.25) is 9.59 Å². The number of hydrogen-bond acceptors (Lipinski definition) is 4. The average Bonchev–Trinajstić information content (AvgIpc) is 3.03. The lowest BCUT2D eigenvalue weighted by molar-refractivity contribution is -0.122. The summed E-state index contributed by atoms with van der Waals surface area (Å²) >= 11 is 0. The van der Waals surface area contributed by atoms with E-state index in [1.54, 1.807) is 29.2 Å². The van der Waals surface area contributed by atoms with Crippen LogP contribution in [0.25, 0.3) is 0 Å². The first-order chi connectivity index (χ1) is 12.5. The first-order valence-corrected chi connectivity index (χ1v) is 8.34. The zero-order valence-electron chi connectivity index (χ0n) is 14.7. The van der Waals surface area contributed by atoms with Crippen molar-refractivity contribution < 1.29 is 19.1 Å². The molecule has 1 atom stereocenters. The molecule has 1 aliphatic rings. The topological polar surface area (TPSA) is 75.7 Å². The highest BCUT2D eigenvalue weighted by molar-refractivity contribution is 6.03. The van der Waals surface area contributed by atoms with E-state index < -0.39 is 11.9 Å². The van der Waals surface area contributed by atoms with Crippen LogP contribution in [0.2, 0.25) is 0 Å². The lowest BCUT2D eigenvalue weighted by atomic mass is 10.1. The summed E-state index contributed by atoms with van der Waals surface area (Å²) in [5.74, 6) is -1.11. The van der Waals surface area contributed by atoms with E-state index in [9.17, 15) is 14.4 Å². The van der Waals surface area contributed by atoms with Crippen LogP contribution in [-0.2, 0) is 14.3 Å². The molecule has 1 heterocycles. The summed E-state index contributed by atoms with van der Waals surface area (Å²) in [4.78, 5) is 37.9. The number of anilines is 2. The first kappa shape index (κ1) is 17.7. The molecule has 0 spiro atoms. The fraction of sp³-hybridized carbons (Fsp3) is 0.250. The van der Waals surface area contributed by atoms with Crippen molar-refractivity contribution in [1.29, 1.82) is 0 Å². The number of nitrogens with zero attached hydrogens (tertiary/aromatic N) is 1. The summed E-state index contributed by atoms with van der Waals surface area (Å²) < 4.78 is 4.64. The molecule has 26 heavy (non-hydrogen) atoms. The summed E-state index contributed by atoms with van der Waals surface area (Å²) in [6, 6.07) is 14.1. The number of methoxy groups -OCH3 is 1. The van der Waals surface area contributed by atoms with Gasteiger partial charge in [0.2, 0.25) is 11.8 Å². The molecule has 0 aliphatic carbocycles. The van der Waals surface area contributed by atoms with Gasteiger partial charge >= 0.3 is 5.97 Å². The number of amides is 2. The van der Waals surface area contributed by atoms with Crippen molar-refractivity contribution in [2.45, 2.75) is 13.3 Å². The molecule has 3 rings (SSSR count). The summed E-state index contributed by atoms with van der Waals surface area (Å²) in [7, 11) is 1.31. The van der Waals surface area contributed by atoms with Gasteiger partial charge in [-0.15, -0.1) is 0 Å². The molecule has 0 radical (unpaired) electrons. The summed E-state index contributed by atoms with van der Waals surface area (Å²) in [6.45, 7) is 2.32. The largest absolute Gasteiger partial charge is 0.465 e. The molecule has 1 aliphatic heterocycles. The van der Waals surface area contributed by atoms with Crippen molar-refractivity contribution in [2.75, 3.05) is 23.9 Å². The predicted molar refractivity (Wildman–Crippen MR) is 98.1 cm³/mol. The minimum atomic E-state index is -0.432. The van der Waals surface area contributed by atoms with E-state index in [1.807, 2.05) is 31.2 Å². The van der Waals surface area contributed by atoms with Gasteiger partial charge in [-0.1, -0.05) is 12.1 Å². The van der Waals surface area contributed by atoms with Crippen molar-refractivity contribution in [2.24, 2.45) is 5.92 Å². The molecule has 2 aromatic rings. The van der Waals surface area contributed by atoms with Crippen molar-refractivity contribution in [3.8, 4) is 0 Å². The van der Waals surface area contributed by atoms with Gasteiger partial charge in [0.05, 0.1) is 18.6 Å². The number of benzene rings is 2. The zero-order valence-corrected chi connectivity index (χ0v) is 14.7. The quantitative estimate of drug-likeness (QED) is 0.859. The standard InChI is InChI=1S/C20H20N2O4/c1-13-4-3-5-17(10-13)22-12-15(11-18(22)23)19(24)21-16-8-6-14(7-9-16)20(25)26-2/h3-10,15H,11-12H2,1-2H3,(H,21,24)/t15-/m0/s1. The fourth-order valence-corrected chi connectivity index (χ4v) is 2.98. The van der Waals surface area contributed by atoms with Gasteiger partial charge in [-0.2, -0.15) is 0 Å². The number of carbonyl (C=O) groups excluding carboxylic acids is 3. The monoisotopic (exact) mass is 352 g/mol. The number of carbonyl (C=O) groups is 3. The van der Waals surface area contributed by atoms with Crippen LogP contribution < -0.4 is 10.2 Å². The molecular weight excluding hydrogens is 332 g/mol. The van der Waals surface area contributed by atoms with Crippen LogP contribution in [0.5, 0.6) is 0 Å². The number of esters is 1. The molecule has 134 valence electrons. The third kappa shape index (κ3) is 3.74. The van der Waals surface area contributed by atoms with Crippen LogP contribution >= 0.6 is 0 Å².